The predicted octanol–water partition coefficient (Wildman–Crippen LogP) is 1.68. The van der Waals surface area contributed by atoms with Crippen LogP contribution in [-0.2, 0) is 4.74 Å². The summed E-state index contributed by atoms with van der Waals surface area (Å²) in [5.41, 5.74) is 12.8. The second-order valence-electron chi connectivity index (χ2n) is 6.61. The lowest BCUT2D eigenvalue weighted by Gasteiger charge is -2.19. The first kappa shape index (κ1) is 19.0. The summed E-state index contributed by atoms with van der Waals surface area (Å²) in [6.45, 7) is 5.69. The molecule has 2 rings (SSSR count). The number of ether oxygens (including phenoxy) is 1. The number of allylic oxidation sites excluding steroid dienone is 2. The molecule has 0 saturated carbocycles. The minimum Gasteiger partial charge on any atom is -0.483 e. The van der Waals surface area contributed by atoms with Crippen molar-refractivity contribution < 1.29 is 9.53 Å². The number of nitrogens with zero attached hydrogens (tertiary/aromatic N) is 3. The van der Waals surface area contributed by atoms with Crippen molar-refractivity contribution in [2.24, 2.45) is 11.5 Å². The number of amides is 1. The Morgan fingerprint density at radius 3 is 2.58 bits per heavy atom. The van der Waals surface area contributed by atoms with Crippen LogP contribution in [-0.4, -0.2) is 33.3 Å². The van der Waals surface area contributed by atoms with Crippen LogP contribution in [0.3, 0.4) is 0 Å². The molecular weight excluding hydrogens is 332 g/mol. The first-order valence-electron chi connectivity index (χ1n) is 8.02. The molecule has 0 spiro atoms. The SMILES string of the molecule is CO/C(N)=C/C=C(\N)n1nc(C(=O)NC(C)(C)C)cc1-c1ccccn1. The van der Waals surface area contributed by atoms with E-state index in [4.69, 9.17) is 16.2 Å². The standard InChI is InChI=1S/C18H24N6O2/c1-18(2,3)22-17(25)13-11-14(12-7-5-6-10-21-12)24(23-13)15(19)8-9-16(20)26-4/h5-11H,19-20H2,1-4H3,(H,22,25)/b15-8+,16-9+. The Hall–Kier alpha value is -3.29. The average Bonchev–Trinajstić information content (AvgIpc) is 3.04. The Morgan fingerprint density at radius 2 is 2.00 bits per heavy atom. The van der Waals surface area contributed by atoms with Crippen LogP contribution >= 0.6 is 0 Å². The highest BCUT2D eigenvalue weighted by Gasteiger charge is 2.21. The van der Waals surface area contributed by atoms with Gasteiger partial charge in [0.1, 0.15) is 5.82 Å². The fourth-order valence-electron chi connectivity index (χ4n) is 2.10. The van der Waals surface area contributed by atoms with Crippen molar-refractivity contribution in [1.82, 2.24) is 20.1 Å². The monoisotopic (exact) mass is 356 g/mol. The second kappa shape index (κ2) is 7.73. The predicted molar refractivity (Wildman–Crippen MR) is 100 cm³/mol. The number of nitrogens with one attached hydrogen (secondary N) is 1. The van der Waals surface area contributed by atoms with Gasteiger partial charge in [0.15, 0.2) is 11.6 Å². The Kier molecular flexibility index (Phi) is 5.66. The molecule has 0 radical (unpaired) electrons. The summed E-state index contributed by atoms with van der Waals surface area (Å²) in [5.74, 6) is 0.166. The van der Waals surface area contributed by atoms with Gasteiger partial charge in [-0.25, -0.2) is 4.68 Å². The van der Waals surface area contributed by atoms with E-state index in [0.717, 1.165) is 0 Å². The molecule has 0 aliphatic carbocycles. The third-order valence-corrected chi connectivity index (χ3v) is 3.26. The maximum absolute atomic E-state index is 12.5. The zero-order chi connectivity index (χ0) is 19.3. The van der Waals surface area contributed by atoms with E-state index in [1.54, 1.807) is 24.4 Å². The molecule has 0 aliphatic rings. The fraction of sp³-hybridized carbons (Fsp3) is 0.278. The Bertz CT molecular complexity index is 831. The van der Waals surface area contributed by atoms with Gasteiger partial charge in [-0.15, -0.1) is 0 Å². The Morgan fingerprint density at radius 1 is 1.27 bits per heavy atom. The minimum absolute atomic E-state index is 0.199. The first-order valence-corrected chi connectivity index (χ1v) is 8.02. The zero-order valence-corrected chi connectivity index (χ0v) is 15.4. The van der Waals surface area contributed by atoms with E-state index in [1.807, 2.05) is 32.9 Å². The quantitative estimate of drug-likeness (QED) is 0.553. The number of hydrogen-bond acceptors (Lipinski definition) is 6. The molecular formula is C18H24N6O2. The summed E-state index contributed by atoms with van der Waals surface area (Å²) in [6.07, 6.45) is 4.71. The minimum atomic E-state index is -0.386. The van der Waals surface area contributed by atoms with Gasteiger partial charge in [0, 0.05) is 17.8 Å². The van der Waals surface area contributed by atoms with E-state index >= 15 is 0 Å². The van der Waals surface area contributed by atoms with Gasteiger partial charge in [0.2, 0.25) is 0 Å². The van der Waals surface area contributed by atoms with Crippen molar-refractivity contribution in [2.75, 3.05) is 7.11 Å². The lowest BCUT2D eigenvalue weighted by Crippen LogP contribution is -2.40. The second-order valence-corrected chi connectivity index (χ2v) is 6.61. The molecule has 0 bridgehead atoms. The van der Waals surface area contributed by atoms with Gasteiger partial charge >= 0.3 is 0 Å². The zero-order valence-electron chi connectivity index (χ0n) is 15.4. The summed E-state index contributed by atoms with van der Waals surface area (Å²) >= 11 is 0. The van der Waals surface area contributed by atoms with Gasteiger partial charge in [-0.2, -0.15) is 5.10 Å². The Labute approximate surface area is 152 Å². The van der Waals surface area contributed by atoms with Crippen molar-refractivity contribution >= 4 is 11.7 Å². The molecule has 0 saturated heterocycles. The van der Waals surface area contributed by atoms with Crippen LogP contribution < -0.4 is 16.8 Å². The Balaban J connectivity index is 2.50. The number of carbonyl (C=O) groups is 1. The van der Waals surface area contributed by atoms with Crippen LogP contribution in [0.1, 0.15) is 31.3 Å². The van der Waals surface area contributed by atoms with Crippen LogP contribution in [0.5, 0.6) is 0 Å². The first-order chi connectivity index (χ1) is 12.2. The molecule has 1 amide bonds. The maximum Gasteiger partial charge on any atom is 0.272 e. The lowest BCUT2D eigenvalue weighted by molar-refractivity contribution is 0.0914. The van der Waals surface area contributed by atoms with Crippen LogP contribution in [0.4, 0.5) is 0 Å². The van der Waals surface area contributed by atoms with E-state index in [9.17, 15) is 4.79 Å². The molecule has 2 aromatic heterocycles. The molecule has 2 heterocycles. The molecule has 2 aromatic rings. The smallest absolute Gasteiger partial charge is 0.272 e. The molecule has 0 fully saturated rings. The van der Waals surface area contributed by atoms with Gasteiger partial charge in [-0.05, 0) is 45.0 Å². The fourth-order valence-corrected chi connectivity index (χ4v) is 2.10. The van der Waals surface area contributed by atoms with Gasteiger partial charge in [0.05, 0.1) is 18.5 Å². The number of aromatic nitrogens is 3. The average molecular weight is 356 g/mol. The highest BCUT2D eigenvalue weighted by Crippen LogP contribution is 2.20. The summed E-state index contributed by atoms with van der Waals surface area (Å²) < 4.78 is 6.33. The summed E-state index contributed by atoms with van der Waals surface area (Å²) in [7, 11) is 1.46. The van der Waals surface area contributed by atoms with Crippen molar-refractivity contribution in [3.63, 3.8) is 0 Å². The van der Waals surface area contributed by atoms with Gasteiger partial charge < -0.3 is 21.5 Å². The molecule has 0 atom stereocenters. The van der Waals surface area contributed by atoms with Crippen molar-refractivity contribution in [2.45, 2.75) is 26.3 Å². The van der Waals surface area contributed by atoms with Gasteiger partial charge in [-0.3, -0.25) is 9.78 Å². The maximum atomic E-state index is 12.5. The molecule has 138 valence electrons. The van der Waals surface area contributed by atoms with E-state index < -0.39 is 0 Å². The van der Waals surface area contributed by atoms with Crippen molar-refractivity contribution in [3.8, 4) is 11.4 Å². The third-order valence-electron chi connectivity index (χ3n) is 3.26. The topological polar surface area (TPSA) is 121 Å². The lowest BCUT2D eigenvalue weighted by atomic mass is 10.1. The van der Waals surface area contributed by atoms with Crippen LogP contribution in [0.25, 0.3) is 17.2 Å². The molecule has 5 N–H and O–H groups in total. The largest absolute Gasteiger partial charge is 0.483 e. The van der Waals surface area contributed by atoms with E-state index in [0.29, 0.717) is 11.4 Å². The molecule has 26 heavy (non-hydrogen) atoms. The third kappa shape index (κ3) is 4.85. The highest BCUT2D eigenvalue weighted by molar-refractivity contribution is 5.94. The van der Waals surface area contributed by atoms with Crippen LogP contribution in [0.15, 0.2) is 48.5 Å². The van der Waals surface area contributed by atoms with Gasteiger partial charge in [-0.1, -0.05) is 6.07 Å². The molecule has 0 aromatic carbocycles. The molecule has 8 nitrogen and oxygen atoms in total. The summed E-state index contributed by atoms with van der Waals surface area (Å²) in [4.78, 5) is 16.8. The van der Waals surface area contributed by atoms with E-state index in [2.05, 4.69) is 15.4 Å². The molecule has 8 heteroatoms. The molecule has 0 aliphatic heterocycles. The number of carbonyl (C=O) groups excluding carboxylic acids is 1. The summed E-state index contributed by atoms with van der Waals surface area (Å²) in [6, 6.07) is 7.11. The van der Waals surface area contributed by atoms with Crippen LogP contribution in [0, 0.1) is 0 Å². The normalized spacial score (nSPS) is 12.8. The van der Waals surface area contributed by atoms with E-state index in [-0.39, 0.29) is 28.8 Å². The van der Waals surface area contributed by atoms with Crippen molar-refractivity contribution in [3.05, 3.63) is 54.2 Å². The van der Waals surface area contributed by atoms with Crippen molar-refractivity contribution in [1.29, 1.82) is 0 Å². The summed E-state index contributed by atoms with van der Waals surface area (Å²) in [5, 5.41) is 7.21. The molecule has 0 unspecified atom stereocenters. The van der Waals surface area contributed by atoms with Gasteiger partial charge in [0.25, 0.3) is 5.91 Å². The number of methoxy groups -OCH3 is 1. The number of hydrogen-bond donors (Lipinski definition) is 3. The number of rotatable bonds is 5. The number of pyridine rings is 1. The van der Waals surface area contributed by atoms with Crippen LogP contribution in [0.2, 0.25) is 0 Å². The number of nitrogens with two attached hydrogens (primary N) is 2. The highest BCUT2D eigenvalue weighted by atomic mass is 16.5. The van der Waals surface area contributed by atoms with E-state index in [1.165, 1.54) is 17.9 Å².